The van der Waals surface area contributed by atoms with E-state index in [-0.39, 0.29) is 42.6 Å². The van der Waals surface area contributed by atoms with Crippen molar-refractivity contribution in [2.75, 3.05) is 13.4 Å². The van der Waals surface area contributed by atoms with Gasteiger partial charge in [-0.3, -0.25) is 14.2 Å². The molecule has 0 saturated heterocycles. The van der Waals surface area contributed by atoms with Crippen LogP contribution in [0.25, 0.3) is 0 Å². The zero-order valence-electron chi connectivity index (χ0n) is 20.0. The smallest absolute Gasteiger partial charge is 0.271 e. The molecule has 4 rings (SSSR count). The van der Waals surface area contributed by atoms with Gasteiger partial charge in [0, 0.05) is 0 Å². The van der Waals surface area contributed by atoms with Crippen LogP contribution in [0.1, 0.15) is 57.9 Å². The number of aryl methyl sites for hydroxylation is 1. The minimum absolute atomic E-state index is 0.0627. The second kappa shape index (κ2) is 9.55. The number of nitriles is 1. The van der Waals surface area contributed by atoms with Crippen molar-refractivity contribution >= 4 is 5.78 Å². The Kier molecular flexibility index (Phi) is 6.52. The first kappa shape index (κ1) is 23.9. The number of nitrogens with zero attached hydrogens (tertiary/aromatic N) is 2. The molecule has 3 aromatic rings. The molecule has 1 aromatic heterocycles. The van der Waals surface area contributed by atoms with Crippen LogP contribution in [0.15, 0.2) is 41.2 Å². The predicted octanol–water partition coefficient (Wildman–Crippen LogP) is 4.20. The maximum atomic E-state index is 13.2. The summed E-state index contributed by atoms with van der Waals surface area (Å²) in [6, 6.07) is 12.8. The Bertz CT molecular complexity index is 1410. The van der Waals surface area contributed by atoms with Crippen LogP contribution in [0.5, 0.6) is 23.1 Å². The molecule has 0 aliphatic carbocycles. The van der Waals surface area contributed by atoms with Gasteiger partial charge in [0.2, 0.25) is 18.5 Å². The number of pyridine rings is 1. The van der Waals surface area contributed by atoms with E-state index >= 15 is 0 Å². The number of carbonyl (C=O) groups excluding carboxylic acids is 1. The third-order valence-corrected chi connectivity index (χ3v) is 6.01. The van der Waals surface area contributed by atoms with Crippen molar-refractivity contribution in [1.29, 1.82) is 5.26 Å². The van der Waals surface area contributed by atoms with Crippen LogP contribution < -0.4 is 19.8 Å². The number of ether oxygens (including phenoxy) is 3. The number of rotatable bonds is 7. The Morgan fingerprint density at radius 3 is 2.63 bits per heavy atom. The summed E-state index contributed by atoms with van der Waals surface area (Å²) in [5.74, 6) is 0.825. The van der Waals surface area contributed by atoms with E-state index < -0.39 is 17.2 Å². The summed E-state index contributed by atoms with van der Waals surface area (Å²) in [5.41, 5.74) is 1.70. The molecule has 180 valence electrons. The Labute approximate surface area is 202 Å². The van der Waals surface area contributed by atoms with Gasteiger partial charge in [0.1, 0.15) is 17.4 Å². The summed E-state index contributed by atoms with van der Waals surface area (Å²) >= 11 is 0. The molecule has 0 saturated carbocycles. The second-order valence-electron chi connectivity index (χ2n) is 8.80. The van der Waals surface area contributed by atoms with Gasteiger partial charge in [0.25, 0.3) is 5.56 Å². The largest absolute Gasteiger partial charge is 0.494 e. The predicted molar refractivity (Wildman–Crippen MR) is 129 cm³/mol. The van der Waals surface area contributed by atoms with Crippen LogP contribution in [0, 0.1) is 25.2 Å². The third kappa shape index (κ3) is 4.58. The quantitative estimate of drug-likeness (QED) is 0.511. The fourth-order valence-electron chi connectivity index (χ4n) is 4.11. The molecule has 8 heteroatoms. The maximum absolute atomic E-state index is 13.2. The van der Waals surface area contributed by atoms with Crippen molar-refractivity contribution in [2.45, 2.75) is 40.2 Å². The number of aromatic nitrogens is 1. The van der Waals surface area contributed by atoms with Gasteiger partial charge in [0.15, 0.2) is 18.1 Å². The van der Waals surface area contributed by atoms with E-state index in [1.807, 2.05) is 45.0 Å². The van der Waals surface area contributed by atoms with E-state index in [4.69, 9.17) is 14.2 Å². The monoisotopic (exact) mass is 474 g/mol. The van der Waals surface area contributed by atoms with Crippen LogP contribution >= 0.6 is 0 Å². The lowest BCUT2D eigenvalue weighted by Crippen LogP contribution is -2.28. The molecule has 1 N–H and O–H groups in total. The minimum atomic E-state index is -0.682. The number of aromatic hydroxyl groups is 1. The summed E-state index contributed by atoms with van der Waals surface area (Å²) in [6.07, 6.45) is 0. The Morgan fingerprint density at radius 2 is 1.91 bits per heavy atom. The number of carbonyl (C=O) groups is 1. The minimum Gasteiger partial charge on any atom is -0.494 e. The number of fused-ring (bicyclic) bond motifs is 1. The molecule has 0 radical (unpaired) electrons. The van der Waals surface area contributed by atoms with E-state index in [2.05, 4.69) is 0 Å². The van der Waals surface area contributed by atoms with Gasteiger partial charge in [0.05, 0.1) is 12.1 Å². The van der Waals surface area contributed by atoms with Crippen molar-refractivity contribution in [1.82, 2.24) is 4.57 Å². The van der Waals surface area contributed by atoms with Gasteiger partial charge >= 0.3 is 0 Å². The molecule has 2 aromatic carbocycles. The van der Waals surface area contributed by atoms with E-state index in [9.17, 15) is 20.0 Å². The van der Waals surface area contributed by atoms with Crippen molar-refractivity contribution in [2.24, 2.45) is 0 Å². The number of hydrogen-bond acceptors (Lipinski definition) is 7. The number of hydrogen-bond donors (Lipinski definition) is 1. The Balaban J connectivity index is 1.69. The SMILES string of the molecule is Cc1ccc(C(C)C)c(OCC(=O)c2c(C)c(C#N)c(=O)n(Cc3ccc4c(c3)OCO4)c2O)c1. The van der Waals surface area contributed by atoms with Crippen LogP contribution in [-0.4, -0.2) is 28.9 Å². The molecule has 1 aliphatic heterocycles. The van der Waals surface area contributed by atoms with Gasteiger partial charge < -0.3 is 19.3 Å². The lowest BCUT2D eigenvalue weighted by Gasteiger charge is -2.17. The van der Waals surface area contributed by atoms with Crippen LogP contribution in [0.3, 0.4) is 0 Å². The average Bonchev–Trinajstić information content (AvgIpc) is 3.28. The summed E-state index contributed by atoms with van der Waals surface area (Å²) in [7, 11) is 0. The lowest BCUT2D eigenvalue weighted by atomic mass is 10.00. The van der Waals surface area contributed by atoms with E-state index in [1.54, 1.807) is 18.2 Å². The molecule has 8 nitrogen and oxygen atoms in total. The van der Waals surface area contributed by atoms with Crippen LogP contribution in [0.4, 0.5) is 0 Å². The zero-order valence-corrected chi connectivity index (χ0v) is 20.0. The maximum Gasteiger partial charge on any atom is 0.271 e. The van der Waals surface area contributed by atoms with Gasteiger partial charge in [-0.05, 0) is 60.2 Å². The van der Waals surface area contributed by atoms with E-state index in [1.165, 1.54) is 6.92 Å². The first-order valence-electron chi connectivity index (χ1n) is 11.2. The molecule has 0 unspecified atom stereocenters. The molecule has 0 atom stereocenters. The average molecular weight is 475 g/mol. The highest BCUT2D eigenvalue weighted by molar-refractivity contribution is 6.01. The van der Waals surface area contributed by atoms with Gasteiger partial charge in [-0.15, -0.1) is 0 Å². The standard InChI is InChI=1S/C27H26N2O6/c1-15(2)19-7-5-16(3)9-23(19)33-13-21(30)25-17(4)20(11-28)26(31)29(27(25)32)12-18-6-8-22-24(10-18)35-14-34-22/h5-10,15,32H,12-14H2,1-4H3. The van der Waals surface area contributed by atoms with Crippen LogP contribution in [-0.2, 0) is 6.54 Å². The van der Waals surface area contributed by atoms with Crippen molar-refractivity contribution in [3.8, 4) is 29.2 Å². The van der Waals surface area contributed by atoms with Gasteiger partial charge in [-0.25, -0.2) is 0 Å². The van der Waals surface area contributed by atoms with Gasteiger partial charge in [-0.1, -0.05) is 32.0 Å². The first-order valence-corrected chi connectivity index (χ1v) is 11.2. The van der Waals surface area contributed by atoms with Gasteiger partial charge in [-0.2, -0.15) is 5.26 Å². The molecular formula is C27H26N2O6. The summed E-state index contributed by atoms with van der Waals surface area (Å²) < 4.78 is 17.6. The Morgan fingerprint density at radius 1 is 1.17 bits per heavy atom. The molecule has 0 spiro atoms. The molecule has 0 amide bonds. The number of Topliss-reactive ketones (excluding diaryl/α,β-unsaturated/α-hetero) is 1. The fourth-order valence-corrected chi connectivity index (χ4v) is 4.11. The molecule has 0 fully saturated rings. The second-order valence-corrected chi connectivity index (χ2v) is 8.80. The van der Waals surface area contributed by atoms with Crippen molar-refractivity contribution in [3.63, 3.8) is 0 Å². The Hall–Kier alpha value is -4.25. The normalized spacial score (nSPS) is 12.0. The topological polar surface area (TPSA) is 111 Å². The molecule has 35 heavy (non-hydrogen) atoms. The third-order valence-electron chi connectivity index (χ3n) is 6.01. The highest BCUT2D eigenvalue weighted by atomic mass is 16.7. The highest BCUT2D eigenvalue weighted by Crippen LogP contribution is 2.33. The highest BCUT2D eigenvalue weighted by Gasteiger charge is 2.25. The first-order chi connectivity index (χ1) is 16.7. The number of benzene rings is 2. The molecular weight excluding hydrogens is 448 g/mol. The van der Waals surface area contributed by atoms with Crippen molar-refractivity contribution in [3.05, 3.63) is 80.1 Å². The summed E-state index contributed by atoms with van der Waals surface area (Å²) in [6.45, 7) is 7.15. The molecule has 0 bridgehead atoms. The lowest BCUT2D eigenvalue weighted by molar-refractivity contribution is 0.0915. The van der Waals surface area contributed by atoms with Crippen LogP contribution in [0.2, 0.25) is 0 Å². The summed E-state index contributed by atoms with van der Waals surface area (Å²) in [5, 5.41) is 20.6. The van der Waals surface area contributed by atoms with E-state index in [0.717, 1.165) is 15.7 Å². The summed E-state index contributed by atoms with van der Waals surface area (Å²) in [4.78, 5) is 26.2. The number of ketones is 1. The molecule has 2 heterocycles. The van der Waals surface area contributed by atoms with Crippen molar-refractivity contribution < 1.29 is 24.1 Å². The van der Waals surface area contributed by atoms with E-state index in [0.29, 0.717) is 22.8 Å². The molecule has 1 aliphatic rings. The fraction of sp³-hybridized carbons (Fsp3) is 0.296. The zero-order chi connectivity index (χ0) is 25.3.